The van der Waals surface area contributed by atoms with Crippen molar-refractivity contribution in [1.29, 1.82) is 0 Å². The highest BCUT2D eigenvalue weighted by Crippen LogP contribution is 2.64. The van der Waals surface area contributed by atoms with Crippen molar-refractivity contribution in [2.45, 2.75) is 204 Å². The van der Waals surface area contributed by atoms with Crippen LogP contribution >= 0.6 is 21.6 Å². The lowest BCUT2D eigenvalue weighted by Crippen LogP contribution is -2.82. The van der Waals surface area contributed by atoms with Crippen LogP contribution in [0.2, 0.25) is 0 Å². The summed E-state index contributed by atoms with van der Waals surface area (Å²) in [4.78, 5) is 144. The maximum Gasteiger partial charge on any atom is 0.408 e. The van der Waals surface area contributed by atoms with Gasteiger partial charge < -0.3 is 53.5 Å². The van der Waals surface area contributed by atoms with Crippen molar-refractivity contribution in [3.63, 3.8) is 0 Å². The van der Waals surface area contributed by atoms with Crippen LogP contribution in [-0.2, 0) is 82.8 Å². The standard InChI is InChI=1S/C62H76N2O20S2/c1-32(2)27-39(63-57(75)83-58(6,7)8)49(79-47(70)28-38-19-15-16-20-41(38)86-85-33(3)21-26-46(69)84-64-44(67)24-25-45(64)68)56(74)78-40-30-62(76)53(81-55(73)36-17-13-12-14-18-36)51-60(11,42(66)29-43-61(51,31-77-43)82-35(5)65)52(71)50(80-54(72)37-22-23-37)48(34(40)4)59(62,9)10/h12-20,27,33,37,39-40,42-43,49-51,53,66,76H,21-26,28-31H2,1-11H3,(H,63,75)/t33?,39-,40-,42-,43+,49+,50+,51-,53-,60+,61-,62+/m0/s1. The van der Waals surface area contributed by atoms with Gasteiger partial charge in [0.15, 0.2) is 17.5 Å². The lowest BCUT2D eigenvalue weighted by molar-refractivity contribution is -0.346. The van der Waals surface area contributed by atoms with Crippen molar-refractivity contribution in [2.75, 3.05) is 6.61 Å². The first kappa shape index (κ1) is 65.4. The Hall–Kier alpha value is -6.60. The van der Waals surface area contributed by atoms with Crippen LogP contribution in [0.5, 0.6) is 0 Å². The number of aliphatic hydroxyl groups excluding tert-OH is 1. The number of allylic oxidation sites excluding steroid dienone is 1. The SMILES string of the molecule is CC(=O)O[C@@]12CO[C@@H]1C[C@H](O)[C@@]1(C)C(=O)[C@H](OC(=O)C3CC3)C3=C(C)[C@@H](OC(=O)[C@H](OC(=O)Cc4ccccc4SSC(C)CCC(=O)ON4C(=O)CCC4=O)[C@H](C=C(C)C)NC(=O)OC(C)(C)C)C[C@@](O)([C@@H](OC(=O)c4ccccc4)[C@H]21)C3(C)C. The molecule has 8 rings (SSSR count). The van der Waals surface area contributed by atoms with Gasteiger partial charge in [-0.05, 0) is 103 Å². The third-order valence-corrected chi connectivity index (χ3v) is 19.9. The highest BCUT2D eigenvalue weighted by molar-refractivity contribution is 8.77. The summed E-state index contributed by atoms with van der Waals surface area (Å²) in [6, 6.07) is 13.2. The van der Waals surface area contributed by atoms with E-state index in [0.717, 1.165) is 6.92 Å². The molecule has 0 aromatic heterocycles. The van der Waals surface area contributed by atoms with Crippen molar-refractivity contribution >= 4 is 81.1 Å². The number of nitrogens with one attached hydrogen (secondary N) is 1. The third kappa shape index (κ3) is 13.6. The normalized spacial score (nSPS) is 28.5. The van der Waals surface area contributed by atoms with Crippen LogP contribution in [0.4, 0.5) is 4.79 Å². The molecule has 1 unspecified atom stereocenters. The summed E-state index contributed by atoms with van der Waals surface area (Å²) < 4.78 is 43.2. The summed E-state index contributed by atoms with van der Waals surface area (Å²) in [5, 5.41) is 29.5. The summed E-state index contributed by atoms with van der Waals surface area (Å²) in [5.74, 6) is -9.77. The number of imide groups is 1. The van der Waals surface area contributed by atoms with Gasteiger partial charge in [-0.25, -0.2) is 19.2 Å². The Balaban J connectivity index is 1.17. The van der Waals surface area contributed by atoms with E-state index in [1.807, 2.05) is 6.92 Å². The summed E-state index contributed by atoms with van der Waals surface area (Å²) >= 11 is 0. The Morgan fingerprint density at radius 3 is 2.15 bits per heavy atom. The molecule has 12 atom stereocenters. The number of Topliss-reactive ketones (excluding diaryl/α,β-unsaturated/α-hetero) is 1. The van der Waals surface area contributed by atoms with E-state index in [4.69, 9.17) is 38.0 Å². The van der Waals surface area contributed by atoms with Gasteiger partial charge in [0.05, 0.1) is 48.0 Å². The maximum absolute atomic E-state index is 16.1. The number of carbonyl (C=O) groups is 10. The fourth-order valence-corrected chi connectivity index (χ4v) is 14.7. The second kappa shape index (κ2) is 25.6. The van der Waals surface area contributed by atoms with Crippen molar-refractivity contribution in [1.82, 2.24) is 10.4 Å². The zero-order valence-corrected chi connectivity index (χ0v) is 51.8. The first-order valence-electron chi connectivity index (χ1n) is 28.8. The van der Waals surface area contributed by atoms with E-state index in [9.17, 15) is 48.6 Å². The van der Waals surface area contributed by atoms with Gasteiger partial charge in [0.2, 0.25) is 6.10 Å². The number of rotatable bonds is 20. The first-order valence-corrected chi connectivity index (χ1v) is 31.0. The van der Waals surface area contributed by atoms with E-state index in [-0.39, 0.29) is 54.2 Å². The topological polar surface area (TPSA) is 300 Å². The Morgan fingerprint density at radius 2 is 1.55 bits per heavy atom. The molecule has 5 fully saturated rings. The summed E-state index contributed by atoms with van der Waals surface area (Å²) in [6.45, 7) is 16.9. The predicted octanol–water partition coefficient (Wildman–Crippen LogP) is 7.12. The van der Waals surface area contributed by atoms with Gasteiger partial charge in [0.25, 0.3) is 11.8 Å². The molecule has 2 aromatic rings. The molecule has 86 heavy (non-hydrogen) atoms. The van der Waals surface area contributed by atoms with Crippen molar-refractivity contribution in [3.8, 4) is 0 Å². The number of hydroxylamine groups is 2. The molecule has 22 nitrogen and oxygen atoms in total. The average molecular weight is 1230 g/mol. The summed E-state index contributed by atoms with van der Waals surface area (Å²) in [5.41, 5.74) is -8.17. The Kier molecular flexibility index (Phi) is 19.5. The van der Waals surface area contributed by atoms with Gasteiger partial charge in [-0.3, -0.25) is 28.8 Å². The van der Waals surface area contributed by atoms with Gasteiger partial charge in [-0.2, -0.15) is 0 Å². The highest BCUT2D eigenvalue weighted by atomic mass is 33.1. The monoisotopic (exact) mass is 1230 g/mol. The number of ketones is 1. The van der Waals surface area contributed by atoms with Crippen LogP contribution in [0.15, 0.2) is 82.3 Å². The van der Waals surface area contributed by atoms with Crippen molar-refractivity contribution in [3.05, 3.63) is 88.5 Å². The molecule has 6 aliphatic rings. The zero-order chi connectivity index (χ0) is 63.0. The number of benzene rings is 2. The number of nitrogens with zero attached hydrogens (tertiary/aromatic N) is 1. The Morgan fingerprint density at radius 1 is 0.895 bits per heavy atom. The zero-order valence-electron chi connectivity index (χ0n) is 50.1. The Labute approximate surface area is 506 Å². The number of ether oxygens (including phenoxy) is 7. The molecule has 2 heterocycles. The van der Waals surface area contributed by atoms with E-state index in [2.05, 4.69) is 5.32 Å². The van der Waals surface area contributed by atoms with Crippen LogP contribution < -0.4 is 5.32 Å². The minimum Gasteiger partial charge on any atom is -0.455 e. The second-order valence-corrected chi connectivity index (χ2v) is 27.6. The predicted molar refractivity (Wildman–Crippen MR) is 308 cm³/mol. The summed E-state index contributed by atoms with van der Waals surface area (Å²) in [7, 11) is 2.67. The molecule has 0 spiro atoms. The fraction of sp³-hybridized carbons (Fsp3) is 0.581. The van der Waals surface area contributed by atoms with E-state index >= 15 is 9.59 Å². The van der Waals surface area contributed by atoms with E-state index in [0.29, 0.717) is 40.4 Å². The molecule has 2 saturated heterocycles. The van der Waals surface area contributed by atoms with Crippen LogP contribution in [-0.4, -0.2) is 146 Å². The second-order valence-electron chi connectivity index (χ2n) is 25.0. The number of aliphatic hydroxyl groups is 2. The highest BCUT2D eigenvalue weighted by Gasteiger charge is 2.78. The van der Waals surface area contributed by atoms with Crippen molar-refractivity contribution in [2.24, 2.45) is 22.7 Å². The first-order chi connectivity index (χ1) is 40.3. The summed E-state index contributed by atoms with van der Waals surface area (Å²) in [6.07, 6.45) is -9.95. The van der Waals surface area contributed by atoms with Crippen LogP contribution in [0, 0.1) is 22.7 Å². The molecular weight excluding hydrogens is 1160 g/mol. The number of amides is 3. The molecular formula is C62H76N2O20S2. The van der Waals surface area contributed by atoms with Crippen LogP contribution in [0.25, 0.3) is 0 Å². The number of alkyl carbamates (subject to hydrolysis) is 1. The fourth-order valence-electron chi connectivity index (χ4n) is 12.2. The molecule has 2 bridgehead atoms. The van der Waals surface area contributed by atoms with Crippen molar-refractivity contribution < 1.29 is 96.2 Å². The molecule has 2 aromatic carbocycles. The number of carbonyl (C=O) groups excluding carboxylic acids is 10. The average Bonchev–Trinajstić information content (AvgIpc) is 0.923. The number of fused-ring (bicyclic) bond motifs is 5. The smallest absolute Gasteiger partial charge is 0.408 e. The van der Waals surface area contributed by atoms with Gasteiger partial charge in [-0.1, -0.05) is 90.4 Å². The number of hydrogen-bond acceptors (Lipinski definition) is 22. The van der Waals surface area contributed by atoms with Gasteiger partial charge >= 0.3 is 41.9 Å². The minimum absolute atomic E-state index is 0.0278. The maximum atomic E-state index is 16.1. The van der Waals surface area contributed by atoms with Crippen LogP contribution in [0.1, 0.15) is 143 Å². The Bertz CT molecular complexity index is 3080. The molecule has 0 radical (unpaired) electrons. The molecule has 2 aliphatic heterocycles. The van der Waals surface area contributed by atoms with Gasteiger partial charge in [0, 0.05) is 54.6 Å². The lowest BCUT2D eigenvalue weighted by Gasteiger charge is -2.67. The van der Waals surface area contributed by atoms with E-state index in [1.165, 1.54) is 53.6 Å². The molecule has 4 aliphatic carbocycles. The minimum atomic E-state index is -2.51. The molecule has 466 valence electrons. The number of hydrogen-bond donors (Lipinski definition) is 3. The molecule has 3 amide bonds. The largest absolute Gasteiger partial charge is 0.455 e. The molecule has 3 N–H and O–H groups in total. The third-order valence-electron chi connectivity index (χ3n) is 16.9. The van der Waals surface area contributed by atoms with Gasteiger partial charge in [-0.15, -0.1) is 5.06 Å². The molecule has 3 saturated carbocycles. The number of esters is 5. The van der Waals surface area contributed by atoms with Crippen LogP contribution in [0.3, 0.4) is 0 Å². The van der Waals surface area contributed by atoms with E-state index in [1.54, 1.807) is 90.9 Å². The quantitative estimate of drug-likeness (QED) is 0.0390. The lowest BCUT2D eigenvalue weighted by atomic mass is 9.44. The molecule has 24 heteroatoms. The van der Waals surface area contributed by atoms with E-state index < -0.39 is 154 Å². The van der Waals surface area contributed by atoms with Gasteiger partial charge in [0.1, 0.15) is 29.5 Å².